The van der Waals surface area contributed by atoms with Crippen molar-refractivity contribution < 1.29 is 19.1 Å². The van der Waals surface area contributed by atoms with Crippen LogP contribution in [0, 0.1) is 0 Å². The maximum Gasteiger partial charge on any atom is 0.410 e. The van der Waals surface area contributed by atoms with Crippen molar-refractivity contribution in [1.29, 1.82) is 0 Å². The highest BCUT2D eigenvalue weighted by Crippen LogP contribution is 2.41. The highest BCUT2D eigenvalue weighted by Gasteiger charge is 2.42. The molecule has 3 aliphatic rings. The Balaban J connectivity index is 1.31. The molecule has 41 heavy (non-hydrogen) atoms. The van der Waals surface area contributed by atoms with Crippen molar-refractivity contribution in [1.82, 2.24) is 19.6 Å². The number of amides is 2. The van der Waals surface area contributed by atoms with Gasteiger partial charge in [-0.15, -0.1) is 0 Å². The Bertz CT molecular complexity index is 1440. The minimum absolute atomic E-state index is 0.189. The summed E-state index contributed by atoms with van der Waals surface area (Å²) in [5.41, 5.74) is 5.30. The minimum Gasteiger partial charge on any atom is -0.445 e. The summed E-state index contributed by atoms with van der Waals surface area (Å²) in [6.07, 6.45) is 4.05. The average Bonchev–Trinajstić information content (AvgIpc) is 3.15. The van der Waals surface area contributed by atoms with Crippen LogP contribution in [0.1, 0.15) is 80.1 Å². The molecular formula is C32H37ClN4O4. The van der Waals surface area contributed by atoms with Crippen LogP contribution in [0.4, 0.5) is 9.59 Å². The summed E-state index contributed by atoms with van der Waals surface area (Å²) >= 11 is 6.86. The van der Waals surface area contributed by atoms with Crippen molar-refractivity contribution in [3.05, 3.63) is 81.6 Å². The third-order valence-corrected chi connectivity index (χ3v) is 8.58. The van der Waals surface area contributed by atoms with Gasteiger partial charge in [-0.05, 0) is 62.8 Å². The molecule has 2 aromatic carbocycles. The van der Waals surface area contributed by atoms with Crippen LogP contribution in [-0.4, -0.2) is 57.0 Å². The summed E-state index contributed by atoms with van der Waals surface area (Å²) in [6, 6.07) is 15.5. The number of benzene rings is 2. The van der Waals surface area contributed by atoms with Crippen LogP contribution in [-0.2, 0) is 28.9 Å². The molecule has 3 heterocycles. The second-order valence-electron chi connectivity index (χ2n) is 12.2. The Morgan fingerprint density at radius 1 is 1.02 bits per heavy atom. The Kier molecular flexibility index (Phi) is 7.45. The number of carbonyl (C=O) groups is 2. The fourth-order valence-corrected chi connectivity index (χ4v) is 6.27. The second kappa shape index (κ2) is 11.0. The lowest BCUT2D eigenvalue weighted by molar-refractivity contribution is 0.00940. The van der Waals surface area contributed by atoms with E-state index in [0.717, 1.165) is 28.2 Å². The number of carbonyl (C=O) groups excluding carboxylic acids is 2. The highest BCUT2D eigenvalue weighted by molar-refractivity contribution is 6.32. The smallest absolute Gasteiger partial charge is 0.410 e. The van der Waals surface area contributed by atoms with Crippen molar-refractivity contribution in [2.75, 3.05) is 19.6 Å². The lowest BCUT2D eigenvalue weighted by Crippen LogP contribution is -2.47. The standard InChI is InChI=1S/C32H37ClN4O4/c1-32(2,3)41-31(39)36-17-15-27-29-25(34-37(27)26-13-12-23(18-24(26)33)22-10-7-11-22)14-16-35(19-28(29)36)30(38)40-20-21-8-5-4-6-9-21/h4-6,8-9,12-13,18,22,28H,7,10-11,14-17,19-20H2,1-3H3. The first kappa shape index (κ1) is 27.6. The summed E-state index contributed by atoms with van der Waals surface area (Å²) in [4.78, 5) is 30.1. The molecule has 3 aromatic rings. The number of aromatic nitrogens is 2. The predicted molar refractivity (Wildman–Crippen MR) is 156 cm³/mol. The topological polar surface area (TPSA) is 76.9 Å². The van der Waals surface area contributed by atoms with E-state index in [9.17, 15) is 9.59 Å². The van der Waals surface area contributed by atoms with Gasteiger partial charge in [0.25, 0.3) is 0 Å². The molecule has 1 atom stereocenters. The first-order valence-corrected chi connectivity index (χ1v) is 14.9. The summed E-state index contributed by atoms with van der Waals surface area (Å²) in [6.45, 7) is 6.95. The van der Waals surface area contributed by atoms with Crippen LogP contribution < -0.4 is 0 Å². The largest absolute Gasteiger partial charge is 0.445 e. The third-order valence-electron chi connectivity index (χ3n) is 8.28. The fourth-order valence-electron chi connectivity index (χ4n) is 6.00. The molecule has 2 amide bonds. The Morgan fingerprint density at radius 3 is 2.49 bits per heavy atom. The van der Waals surface area contributed by atoms with E-state index in [0.29, 0.717) is 43.4 Å². The number of hydrogen-bond acceptors (Lipinski definition) is 5. The molecule has 1 saturated carbocycles. The summed E-state index contributed by atoms with van der Waals surface area (Å²) in [5, 5.41) is 5.72. The van der Waals surface area contributed by atoms with Gasteiger partial charge in [-0.25, -0.2) is 14.3 Å². The maximum absolute atomic E-state index is 13.4. The van der Waals surface area contributed by atoms with E-state index in [4.69, 9.17) is 26.2 Å². The molecule has 1 unspecified atom stereocenters. The highest BCUT2D eigenvalue weighted by atomic mass is 35.5. The molecule has 1 fully saturated rings. The molecule has 216 valence electrons. The zero-order chi connectivity index (χ0) is 28.7. The average molecular weight is 577 g/mol. The van der Waals surface area contributed by atoms with Crippen LogP contribution in [0.2, 0.25) is 5.02 Å². The molecule has 0 saturated heterocycles. The predicted octanol–water partition coefficient (Wildman–Crippen LogP) is 6.82. The molecule has 0 radical (unpaired) electrons. The van der Waals surface area contributed by atoms with Gasteiger partial charge in [0, 0.05) is 38.0 Å². The quantitative estimate of drug-likeness (QED) is 0.340. The molecule has 0 bridgehead atoms. The zero-order valence-electron chi connectivity index (χ0n) is 23.9. The molecular weight excluding hydrogens is 540 g/mol. The van der Waals surface area contributed by atoms with Crippen LogP contribution in [0.5, 0.6) is 0 Å². The first-order valence-electron chi connectivity index (χ1n) is 14.5. The third kappa shape index (κ3) is 5.67. The SMILES string of the molecule is CC(C)(C)OC(=O)N1CCc2c3c(nn2-c2ccc(C4CCC4)cc2Cl)CCN(C(=O)OCc2ccccc2)CC31. The van der Waals surface area contributed by atoms with Gasteiger partial charge in [0.2, 0.25) is 0 Å². The van der Waals surface area contributed by atoms with Crippen LogP contribution in [0.25, 0.3) is 5.69 Å². The summed E-state index contributed by atoms with van der Waals surface area (Å²) in [7, 11) is 0. The second-order valence-corrected chi connectivity index (χ2v) is 12.6. The summed E-state index contributed by atoms with van der Waals surface area (Å²) in [5.74, 6) is 0.591. The number of nitrogens with zero attached hydrogens (tertiary/aromatic N) is 4. The van der Waals surface area contributed by atoms with Gasteiger partial charge in [0.1, 0.15) is 12.2 Å². The lowest BCUT2D eigenvalue weighted by atomic mass is 9.80. The van der Waals surface area contributed by atoms with Gasteiger partial charge in [-0.2, -0.15) is 5.10 Å². The normalized spacial score (nSPS) is 18.8. The monoisotopic (exact) mass is 576 g/mol. The molecule has 2 aliphatic heterocycles. The van der Waals surface area contributed by atoms with Gasteiger partial charge < -0.3 is 14.4 Å². The van der Waals surface area contributed by atoms with E-state index in [2.05, 4.69) is 18.2 Å². The molecule has 8 nitrogen and oxygen atoms in total. The van der Waals surface area contributed by atoms with Crippen molar-refractivity contribution in [2.45, 2.75) is 77.0 Å². The zero-order valence-corrected chi connectivity index (χ0v) is 24.7. The van der Waals surface area contributed by atoms with E-state index in [-0.39, 0.29) is 6.61 Å². The molecule has 1 aromatic heterocycles. The van der Waals surface area contributed by atoms with Crippen molar-refractivity contribution in [3.63, 3.8) is 0 Å². The van der Waals surface area contributed by atoms with Crippen LogP contribution in [0.15, 0.2) is 48.5 Å². The molecule has 1 aliphatic carbocycles. The summed E-state index contributed by atoms with van der Waals surface area (Å²) < 4.78 is 13.4. The van der Waals surface area contributed by atoms with Crippen LogP contribution in [0.3, 0.4) is 0 Å². The van der Waals surface area contributed by atoms with E-state index < -0.39 is 23.8 Å². The fraction of sp³-hybridized carbons (Fsp3) is 0.469. The Hall–Kier alpha value is -3.52. The van der Waals surface area contributed by atoms with Gasteiger partial charge >= 0.3 is 12.2 Å². The number of ether oxygens (including phenoxy) is 2. The number of rotatable bonds is 4. The van der Waals surface area contributed by atoms with Gasteiger partial charge in [-0.1, -0.05) is 54.4 Å². The molecule has 9 heteroatoms. The van der Waals surface area contributed by atoms with Crippen molar-refractivity contribution in [2.24, 2.45) is 0 Å². The van der Waals surface area contributed by atoms with E-state index in [1.165, 1.54) is 24.8 Å². The van der Waals surface area contributed by atoms with Crippen LogP contribution >= 0.6 is 11.6 Å². The molecule has 0 N–H and O–H groups in total. The van der Waals surface area contributed by atoms with E-state index in [1.54, 1.807) is 9.80 Å². The first-order chi connectivity index (χ1) is 19.7. The van der Waals surface area contributed by atoms with E-state index in [1.807, 2.05) is 55.8 Å². The number of hydrogen-bond donors (Lipinski definition) is 0. The molecule has 0 spiro atoms. The Labute approximate surface area is 246 Å². The Morgan fingerprint density at radius 2 is 1.80 bits per heavy atom. The van der Waals surface area contributed by atoms with Gasteiger partial charge in [0.05, 0.1) is 28.1 Å². The maximum atomic E-state index is 13.4. The lowest BCUT2D eigenvalue weighted by Gasteiger charge is -2.38. The number of halogens is 1. The van der Waals surface area contributed by atoms with Gasteiger partial charge in [0.15, 0.2) is 0 Å². The molecule has 6 rings (SSSR count). The van der Waals surface area contributed by atoms with Gasteiger partial charge in [-0.3, -0.25) is 4.90 Å². The van der Waals surface area contributed by atoms with E-state index >= 15 is 0 Å². The van der Waals surface area contributed by atoms with Crippen molar-refractivity contribution >= 4 is 23.8 Å². The van der Waals surface area contributed by atoms with Crippen molar-refractivity contribution in [3.8, 4) is 5.69 Å². The minimum atomic E-state index is -0.640.